The topological polar surface area (TPSA) is 164 Å². The summed E-state index contributed by atoms with van der Waals surface area (Å²) in [6.07, 6.45) is 17.8. The molecule has 0 aliphatic heterocycles. The van der Waals surface area contributed by atoms with Crippen LogP contribution in [-0.2, 0) is 48.7 Å². The molecule has 0 rings (SSSR count). The fourth-order valence-electron chi connectivity index (χ4n) is 4.58. The number of hydrogen-bond donors (Lipinski definition) is 2. The average Bonchev–Trinajstić information content (AvgIpc) is 2.99. The molecule has 0 amide bonds. The van der Waals surface area contributed by atoms with Gasteiger partial charge in [0.25, 0.3) is 20.2 Å². The third-order valence-corrected chi connectivity index (χ3v) is 8.79. The van der Waals surface area contributed by atoms with Crippen LogP contribution in [0.5, 0.6) is 0 Å². The second-order valence-electron chi connectivity index (χ2n) is 11.7. The van der Waals surface area contributed by atoms with Gasteiger partial charge in [0, 0.05) is 13.2 Å². The highest BCUT2D eigenvalue weighted by Gasteiger charge is 2.14. The molecule has 0 radical (unpaired) electrons. The zero-order valence-electron chi connectivity index (χ0n) is 28.7. The summed E-state index contributed by atoms with van der Waals surface area (Å²) in [6, 6.07) is 0. The van der Waals surface area contributed by atoms with E-state index in [4.69, 9.17) is 37.5 Å². The van der Waals surface area contributed by atoms with Crippen LogP contribution in [-0.4, -0.2) is 103 Å². The summed E-state index contributed by atoms with van der Waals surface area (Å²) in [5.74, 6) is -0.765. The smallest absolute Gasteiger partial charge is 0.264 e. The lowest BCUT2D eigenvalue weighted by Gasteiger charge is -2.20. The number of hydrogen-bond acceptors (Lipinski definition) is 10. The molecular weight excluding hydrogens is 640 g/mol. The lowest BCUT2D eigenvalue weighted by Crippen LogP contribution is -2.28. The van der Waals surface area contributed by atoms with E-state index in [1.54, 1.807) is 0 Å². The Kier molecular flexibility index (Phi) is 31.5. The van der Waals surface area contributed by atoms with Crippen molar-refractivity contribution in [2.75, 3.05) is 64.4 Å². The van der Waals surface area contributed by atoms with Crippen molar-refractivity contribution in [3.8, 4) is 0 Å². The van der Waals surface area contributed by atoms with Gasteiger partial charge in [-0.1, -0.05) is 104 Å². The lowest BCUT2D eigenvalue weighted by atomic mass is 10.1. The quantitative estimate of drug-likeness (QED) is 0.0406. The van der Waals surface area contributed by atoms with E-state index in [0.29, 0.717) is 13.2 Å². The van der Waals surface area contributed by atoms with Gasteiger partial charge >= 0.3 is 0 Å². The summed E-state index contributed by atoms with van der Waals surface area (Å²) in [5.41, 5.74) is 0. The third kappa shape index (κ3) is 36.4. The van der Waals surface area contributed by atoms with Crippen LogP contribution in [0.4, 0.5) is 0 Å². The summed E-state index contributed by atoms with van der Waals surface area (Å²) in [4.78, 5) is 0. The van der Waals surface area contributed by atoms with Gasteiger partial charge in [0.1, 0.15) is 0 Å². The van der Waals surface area contributed by atoms with Crippen LogP contribution in [0.2, 0.25) is 0 Å². The van der Waals surface area contributed by atoms with Crippen molar-refractivity contribution in [3.05, 3.63) is 0 Å². The predicted octanol–water partition coefficient (Wildman–Crippen LogP) is 6.58. The third-order valence-electron chi connectivity index (χ3n) is 7.18. The van der Waals surface area contributed by atoms with Gasteiger partial charge < -0.3 is 28.4 Å². The van der Waals surface area contributed by atoms with E-state index in [1.165, 1.54) is 64.2 Å². The molecule has 0 aromatic heterocycles. The molecule has 0 saturated heterocycles. The molecule has 0 aromatic rings. The van der Waals surface area contributed by atoms with Crippen molar-refractivity contribution < 1.29 is 54.4 Å². The van der Waals surface area contributed by atoms with Crippen molar-refractivity contribution in [1.82, 2.24) is 0 Å². The van der Waals surface area contributed by atoms with Crippen LogP contribution in [0, 0.1) is 0 Å². The molecule has 2 N–H and O–H groups in total. The van der Waals surface area contributed by atoms with E-state index in [9.17, 15) is 16.8 Å². The fourth-order valence-corrected chi connectivity index (χ4v) is 5.54. The molecule has 0 aliphatic carbocycles. The Balaban J connectivity index is 4.42. The zero-order chi connectivity index (χ0) is 34.2. The fraction of sp³-hybridized carbons (Fsp3) is 1.00. The summed E-state index contributed by atoms with van der Waals surface area (Å²) in [6.45, 7) is 6.40. The molecule has 0 aromatic carbocycles. The minimum Gasteiger partial charge on any atom is -0.374 e. The van der Waals surface area contributed by atoms with Crippen LogP contribution < -0.4 is 0 Å². The molecular formula is C32H66O12S2. The Hall–Kier alpha value is -0.420. The first-order chi connectivity index (χ1) is 22.1. The highest BCUT2D eigenvalue weighted by molar-refractivity contribution is 7.86. The number of unbranched alkanes of at least 4 members (excludes halogenated alkanes) is 14. The van der Waals surface area contributed by atoms with Crippen molar-refractivity contribution in [1.29, 1.82) is 0 Å². The van der Waals surface area contributed by atoms with Gasteiger partial charge in [0.2, 0.25) is 0 Å². The highest BCUT2D eigenvalue weighted by atomic mass is 32.2. The maximum Gasteiger partial charge on any atom is 0.264 e. The first-order valence-electron chi connectivity index (χ1n) is 17.6. The first-order valence-corrected chi connectivity index (χ1v) is 20.8. The molecule has 0 aliphatic rings. The van der Waals surface area contributed by atoms with Gasteiger partial charge in [-0.05, 0) is 25.7 Å². The molecule has 0 heterocycles. The molecule has 0 bridgehead atoms. The Labute approximate surface area is 280 Å². The summed E-state index contributed by atoms with van der Waals surface area (Å²) in [5, 5.41) is 0. The normalized spacial score (nSPS) is 13.7. The SMILES string of the molecule is CCCCCCCCCCOC(COCCOCC(OCCCCCCCCCC)OCCCS(=O)(=O)O)OCCCS(=O)(=O)O. The van der Waals surface area contributed by atoms with E-state index in [-0.39, 0.29) is 64.0 Å². The van der Waals surface area contributed by atoms with Crippen LogP contribution in [0.25, 0.3) is 0 Å². The summed E-state index contributed by atoms with van der Waals surface area (Å²) >= 11 is 0. The molecule has 0 saturated carbocycles. The van der Waals surface area contributed by atoms with E-state index in [1.807, 2.05) is 0 Å². The molecule has 278 valence electrons. The molecule has 2 unspecified atom stereocenters. The van der Waals surface area contributed by atoms with Gasteiger partial charge in [-0.15, -0.1) is 0 Å². The second-order valence-corrected chi connectivity index (χ2v) is 14.9. The average molecular weight is 707 g/mol. The van der Waals surface area contributed by atoms with Crippen molar-refractivity contribution in [2.24, 2.45) is 0 Å². The van der Waals surface area contributed by atoms with E-state index in [2.05, 4.69) is 13.8 Å². The molecule has 2 atom stereocenters. The van der Waals surface area contributed by atoms with E-state index in [0.717, 1.165) is 38.5 Å². The molecule has 46 heavy (non-hydrogen) atoms. The maximum atomic E-state index is 11.0. The highest BCUT2D eigenvalue weighted by Crippen LogP contribution is 2.11. The molecule has 12 nitrogen and oxygen atoms in total. The number of ether oxygens (including phenoxy) is 6. The Morgan fingerprint density at radius 2 is 0.696 bits per heavy atom. The first kappa shape index (κ1) is 45.6. The van der Waals surface area contributed by atoms with Crippen LogP contribution in [0.15, 0.2) is 0 Å². The van der Waals surface area contributed by atoms with Gasteiger partial charge in [-0.3, -0.25) is 9.11 Å². The minimum atomic E-state index is -4.05. The maximum absolute atomic E-state index is 11.0. The van der Waals surface area contributed by atoms with Gasteiger partial charge in [0.05, 0.1) is 51.1 Å². The van der Waals surface area contributed by atoms with Crippen LogP contribution >= 0.6 is 0 Å². The Morgan fingerprint density at radius 3 is 1.00 bits per heavy atom. The van der Waals surface area contributed by atoms with Crippen molar-refractivity contribution in [2.45, 2.75) is 142 Å². The second kappa shape index (κ2) is 31.8. The van der Waals surface area contributed by atoms with E-state index < -0.39 is 32.8 Å². The predicted molar refractivity (Wildman–Crippen MR) is 180 cm³/mol. The van der Waals surface area contributed by atoms with Crippen molar-refractivity contribution >= 4 is 20.2 Å². The monoisotopic (exact) mass is 706 g/mol. The summed E-state index contributed by atoms with van der Waals surface area (Å²) < 4.78 is 96.2. The van der Waals surface area contributed by atoms with Crippen molar-refractivity contribution in [3.63, 3.8) is 0 Å². The van der Waals surface area contributed by atoms with Crippen LogP contribution in [0.1, 0.15) is 129 Å². The lowest BCUT2D eigenvalue weighted by molar-refractivity contribution is -0.185. The van der Waals surface area contributed by atoms with E-state index >= 15 is 0 Å². The summed E-state index contributed by atoms with van der Waals surface area (Å²) in [7, 11) is -8.10. The minimum absolute atomic E-state index is 0.106. The van der Waals surface area contributed by atoms with Gasteiger partial charge in [-0.25, -0.2) is 0 Å². The molecule has 14 heteroatoms. The van der Waals surface area contributed by atoms with Gasteiger partial charge in [0.15, 0.2) is 12.6 Å². The number of rotatable bonds is 37. The largest absolute Gasteiger partial charge is 0.374 e. The zero-order valence-corrected chi connectivity index (χ0v) is 30.4. The Bertz CT molecular complexity index is 785. The Morgan fingerprint density at radius 1 is 0.413 bits per heavy atom. The molecule has 0 fully saturated rings. The van der Waals surface area contributed by atoms with Gasteiger partial charge in [-0.2, -0.15) is 16.8 Å². The standard InChI is InChI=1S/C32H66O12S2/c1-3-5-7-9-11-13-15-17-21-41-31(43-23-19-27-45(33,34)35)29-39-25-26-40-30-32(44-24-20-28-46(36,37)38)42-22-18-16-14-12-10-8-6-4-2/h31-32H,3-30H2,1-2H3,(H,33,34,35)(H,36,37,38). The van der Waals surface area contributed by atoms with Crippen LogP contribution in [0.3, 0.4) is 0 Å². The molecule has 0 spiro atoms.